The molecule has 9 heteroatoms. The average Bonchev–Trinajstić information content (AvgIpc) is 3.35. The van der Waals surface area contributed by atoms with E-state index in [9.17, 15) is 24.6 Å². The summed E-state index contributed by atoms with van der Waals surface area (Å²) in [5.41, 5.74) is 0.947. The van der Waals surface area contributed by atoms with Crippen molar-refractivity contribution in [2.24, 2.45) is 5.92 Å². The highest BCUT2D eigenvalue weighted by molar-refractivity contribution is 6.31. The molecule has 1 aromatic heterocycles. The second-order valence-electron chi connectivity index (χ2n) is 10.5. The van der Waals surface area contributed by atoms with Crippen molar-refractivity contribution in [3.05, 3.63) is 63.8 Å². The van der Waals surface area contributed by atoms with E-state index in [1.807, 2.05) is 18.2 Å². The van der Waals surface area contributed by atoms with E-state index in [4.69, 9.17) is 4.74 Å². The number of carbonyl (C=O) groups excluding carboxylic acids is 3. The number of benzene rings is 2. The van der Waals surface area contributed by atoms with Gasteiger partial charge in [0.05, 0.1) is 22.2 Å². The monoisotopic (exact) mass is 515 g/mol. The number of phenolic OH excluding ortho intramolecular Hbond substituents is 2. The molecule has 1 aliphatic carbocycles. The van der Waals surface area contributed by atoms with Gasteiger partial charge in [-0.2, -0.15) is 0 Å². The number of H-pyrrole nitrogens is 1. The highest BCUT2D eigenvalue weighted by Gasteiger charge is 2.56. The highest BCUT2D eigenvalue weighted by atomic mass is 16.5. The van der Waals surface area contributed by atoms with Crippen LogP contribution in [0, 0.1) is 12.8 Å². The number of aromatic amines is 1. The third kappa shape index (κ3) is 3.60. The zero-order valence-electron chi connectivity index (χ0n) is 22.1. The molecule has 0 amide bonds. The normalized spacial score (nSPS) is 19.8. The Labute approximate surface area is 219 Å². The summed E-state index contributed by atoms with van der Waals surface area (Å²) in [6, 6.07) is 5.54. The van der Waals surface area contributed by atoms with Gasteiger partial charge in [0, 0.05) is 29.4 Å². The number of allylic oxidation sites excluding steroid dienone is 4. The number of phenols is 2. The van der Waals surface area contributed by atoms with E-state index in [1.54, 1.807) is 13.8 Å². The third-order valence-electron chi connectivity index (χ3n) is 7.22. The van der Waals surface area contributed by atoms with Gasteiger partial charge < -0.3 is 25.3 Å². The van der Waals surface area contributed by atoms with Crippen LogP contribution in [0.25, 0.3) is 11.0 Å². The van der Waals surface area contributed by atoms with Gasteiger partial charge in [0.1, 0.15) is 39.8 Å². The fourth-order valence-corrected chi connectivity index (χ4v) is 5.27. The molecule has 3 aromatic rings. The summed E-state index contributed by atoms with van der Waals surface area (Å²) >= 11 is 0. The molecule has 0 bridgehead atoms. The fraction of sp³-hybridized carbons (Fsp3) is 0.310. The summed E-state index contributed by atoms with van der Waals surface area (Å²) in [5.74, 6) is -1.20. The lowest BCUT2D eigenvalue weighted by Gasteiger charge is -2.29. The van der Waals surface area contributed by atoms with Crippen LogP contribution in [-0.2, 0) is 21.4 Å². The topological polar surface area (TPSA) is 142 Å². The minimum Gasteiger partial charge on any atom is -0.507 e. The van der Waals surface area contributed by atoms with Crippen molar-refractivity contribution in [2.45, 2.75) is 53.4 Å². The number of aromatic nitrogens is 2. The fourth-order valence-electron chi connectivity index (χ4n) is 5.27. The van der Waals surface area contributed by atoms with E-state index in [-0.39, 0.29) is 39.5 Å². The summed E-state index contributed by atoms with van der Waals surface area (Å²) in [5, 5.41) is 24.6. The van der Waals surface area contributed by atoms with Gasteiger partial charge in [-0.15, -0.1) is 0 Å². The smallest absolute Gasteiger partial charge is 0.194 e. The van der Waals surface area contributed by atoms with Crippen molar-refractivity contribution < 1.29 is 29.3 Å². The van der Waals surface area contributed by atoms with Gasteiger partial charge in [-0.1, -0.05) is 13.8 Å². The quantitative estimate of drug-likeness (QED) is 0.217. The van der Waals surface area contributed by atoms with Crippen LogP contribution in [-0.4, -0.2) is 37.5 Å². The minimum atomic E-state index is -1.56. The summed E-state index contributed by atoms with van der Waals surface area (Å²) < 4.78 is 5.81. The van der Waals surface area contributed by atoms with Crippen LogP contribution in [0.1, 0.15) is 61.9 Å². The first-order chi connectivity index (χ1) is 17.8. The molecule has 1 unspecified atom stereocenters. The van der Waals surface area contributed by atoms with Crippen LogP contribution < -0.4 is 10.1 Å². The number of fused-ring (bicyclic) bond motifs is 4. The number of aromatic hydroxyl groups is 2. The van der Waals surface area contributed by atoms with Crippen molar-refractivity contribution in [2.75, 3.05) is 5.32 Å². The number of anilines is 1. The predicted molar refractivity (Wildman–Crippen MR) is 142 cm³/mol. The number of carbonyl (C=O) groups is 3. The van der Waals surface area contributed by atoms with Crippen LogP contribution in [0.3, 0.4) is 0 Å². The first-order valence-electron chi connectivity index (χ1n) is 12.4. The average molecular weight is 516 g/mol. The lowest BCUT2D eigenvalue weighted by Crippen LogP contribution is -2.40. The van der Waals surface area contributed by atoms with E-state index in [0.29, 0.717) is 17.3 Å². The maximum atomic E-state index is 14.0. The van der Waals surface area contributed by atoms with Crippen LogP contribution >= 0.6 is 0 Å². The molecule has 0 spiro atoms. The van der Waals surface area contributed by atoms with E-state index >= 15 is 0 Å². The van der Waals surface area contributed by atoms with Crippen LogP contribution in [0.2, 0.25) is 0 Å². The number of rotatable bonds is 5. The number of ketones is 3. The van der Waals surface area contributed by atoms with Crippen molar-refractivity contribution in [3.63, 3.8) is 0 Å². The lowest BCUT2D eigenvalue weighted by molar-refractivity contribution is -0.123. The van der Waals surface area contributed by atoms with Crippen molar-refractivity contribution in [3.8, 4) is 17.2 Å². The Morgan fingerprint density at radius 1 is 1.18 bits per heavy atom. The van der Waals surface area contributed by atoms with E-state index < -0.39 is 28.5 Å². The summed E-state index contributed by atoms with van der Waals surface area (Å²) in [6.45, 7) is 10.1. The van der Waals surface area contributed by atoms with Gasteiger partial charge in [-0.05, 0) is 51.8 Å². The standard InChI is InChI=1S/C29H29N3O6/c1-12(2)9-21-31-17-8-7-16(10-18(17)32-21)30-14(4)22-19(34)11-20-29(6,28(22)37)24-26(36)13(3)25(35)23(15(5)33)27(24)38-20/h7-8,10-12,30,35-36H,9H2,1-6H3,(H,31,32)/b22-14+. The molecule has 0 fully saturated rings. The van der Waals surface area contributed by atoms with E-state index in [0.717, 1.165) is 23.3 Å². The molecular weight excluding hydrogens is 486 g/mol. The molecule has 1 aliphatic heterocycles. The van der Waals surface area contributed by atoms with Crippen molar-refractivity contribution >= 4 is 34.1 Å². The molecule has 9 nitrogen and oxygen atoms in total. The van der Waals surface area contributed by atoms with Crippen LogP contribution in [0.5, 0.6) is 17.2 Å². The number of hydrogen-bond acceptors (Lipinski definition) is 8. The maximum absolute atomic E-state index is 14.0. The molecule has 0 saturated carbocycles. The molecule has 5 rings (SSSR count). The number of Topliss-reactive ketones (excluding diaryl/α,β-unsaturated/α-hetero) is 2. The van der Waals surface area contributed by atoms with Gasteiger partial charge in [0.2, 0.25) is 0 Å². The molecule has 38 heavy (non-hydrogen) atoms. The maximum Gasteiger partial charge on any atom is 0.194 e. The van der Waals surface area contributed by atoms with E-state index in [2.05, 4.69) is 29.1 Å². The molecule has 196 valence electrons. The second kappa shape index (κ2) is 8.58. The Hall–Kier alpha value is -4.40. The second-order valence-corrected chi connectivity index (χ2v) is 10.5. The number of nitrogens with one attached hydrogen (secondary N) is 2. The highest BCUT2D eigenvalue weighted by Crippen LogP contribution is 2.57. The molecule has 4 N–H and O–H groups in total. The number of hydrogen-bond donors (Lipinski definition) is 4. The third-order valence-corrected chi connectivity index (χ3v) is 7.22. The molecule has 0 saturated heterocycles. The Balaban J connectivity index is 1.58. The number of ether oxygens (including phenoxy) is 1. The summed E-state index contributed by atoms with van der Waals surface area (Å²) in [7, 11) is 0. The number of imidazole rings is 1. The molecule has 2 heterocycles. The first kappa shape index (κ1) is 25.3. The van der Waals surface area contributed by atoms with Gasteiger partial charge in [0.15, 0.2) is 17.3 Å². The van der Waals surface area contributed by atoms with Crippen LogP contribution in [0.15, 0.2) is 41.3 Å². The van der Waals surface area contributed by atoms with Crippen molar-refractivity contribution in [1.82, 2.24) is 9.97 Å². The molecule has 0 radical (unpaired) electrons. The molecule has 2 aliphatic rings. The zero-order chi connectivity index (χ0) is 27.7. The lowest BCUT2D eigenvalue weighted by atomic mass is 9.70. The summed E-state index contributed by atoms with van der Waals surface area (Å²) in [6.07, 6.45) is 2.02. The zero-order valence-corrected chi connectivity index (χ0v) is 22.1. The van der Waals surface area contributed by atoms with Gasteiger partial charge in [-0.25, -0.2) is 4.98 Å². The van der Waals surface area contributed by atoms with Gasteiger partial charge >= 0.3 is 0 Å². The largest absolute Gasteiger partial charge is 0.507 e. The number of nitrogens with zero attached hydrogens (tertiary/aromatic N) is 1. The minimum absolute atomic E-state index is 0.00147. The molecule has 2 aromatic carbocycles. The Bertz CT molecular complexity index is 1640. The van der Waals surface area contributed by atoms with E-state index in [1.165, 1.54) is 19.9 Å². The SMILES string of the molecule is CC(=O)c1c(O)c(C)c(O)c2c1OC1=CC(=O)/C(=C(/C)Nc3ccc4nc(CC(C)C)[nH]c4c3)C(=O)C12C. The van der Waals surface area contributed by atoms with Crippen molar-refractivity contribution in [1.29, 1.82) is 0 Å². The van der Waals surface area contributed by atoms with Gasteiger partial charge in [-0.3, -0.25) is 14.4 Å². The summed E-state index contributed by atoms with van der Waals surface area (Å²) in [4.78, 5) is 47.4. The molecule has 1 atom stereocenters. The molecular formula is C29H29N3O6. The van der Waals surface area contributed by atoms with Crippen LogP contribution in [0.4, 0.5) is 5.69 Å². The Morgan fingerprint density at radius 3 is 2.55 bits per heavy atom. The Morgan fingerprint density at radius 2 is 1.89 bits per heavy atom. The van der Waals surface area contributed by atoms with Gasteiger partial charge in [0.25, 0.3) is 0 Å². The Kier molecular flexibility index (Phi) is 5.70. The predicted octanol–water partition coefficient (Wildman–Crippen LogP) is 4.76. The first-order valence-corrected chi connectivity index (χ1v) is 12.4.